The van der Waals surface area contributed by atoms with Gasteiger partial charge in [0.2, 0.25) is 0 Å². The van der Waals surface area contributed by atoms with Crippen LogP contribution >= 0.6 is 0 Å². The van der Waals surface area contributed by atoms with Crippen molar-refractivity contribution >= 4 is 5.69 Å². The highest BCUT2D eigenvalue weighted by molar-refractivity contribution is 5.56. The largest absolute Gasteiger partial charge is 0.455 e. The van der Waals surface area contributed by atoms with Crippen LogP contribution in [0.5, 0.6) is 11.5 Å². The minimum atomic E-state index is 0.601. The predicted octanol–water partition coefficient (Wildman–Crippen LogP) is 3.55. The van der Waals surface area contributed by atoms with Crippen molar-refractivity contribution in [3.63, 3.8) is 0 Å². The molecule has 3 heteroatoms. The molecule has 0 aliphatic rings. The molecule has 2 N–H and O–H groups in total. The third-order valence-electron chi connectivity index (χ3n) is 2.69. The minimum absolute atomic E-state index is 0.601. The summed E-state index contributed by atoms with van der Waals surface area (Å²) in [4.78, 5) is 0. The van der Waals surface area contributed by atoms with Crippen LogP contribution in [0.25, 0.3) is 0 Å². The second-order valence-corrected chi connectivity index (χ2v) is 4.24. The Kier molecular flexibility index (Phi) is 3.20. The van der Waals surface area contributed by atoms with Crippen LogP contribution in [0.3, 0.4) is 0 Å². The lowest BCUT2D eigenvalue weighted by molar-refractivity contribution is 0.481. The molecule has 2 aromatic carbocycles. The molecule has 0 spiro atoms. The highest BCUT2D eigenvalue weighted by Crippen LogP contribution is 2.30. The van der Waals surface area contributed by atoms with E-state index in [-0.39, 0.29) is 0 Å². The van der Waals surface area contributed by atoms with Crippen LogP contribution in [0.4, 0.5) is 5.69 Å². The quantitative estimate of drug-likeness (QED) is 0.814. The zero-order valence-electron chi connectivity index (χ0n) is 10.4. The molecule has 0 heterocycles. The van der Waals surface area contributed by atoms with E-state index < -0.39 is 0 Å². The maximum atomic E-state index is 8.81. The fraction of sp³-hybridized carbons (Fsp3) is 0.133. The summed E-state index contributed by atoms with van der Waals surface area (Å²) in [5.41, 5.74) is 9.09. The Labute approximate surface area is 106 Å². The second kappa shape index (κ2) is 4.80. The number of hydrogen-bond donors (Lipinski definition) is 1. The number of ether oxygens (including phenoxy) is 1. The third kappa shape index (κ3) is 2.44. The summed E-state index contributed by atoms with van der Waals surface area (Å²) in [6, 6.07) is 13.1. The molecule has 0 unspecified atom stereocenters. The van der Waals surface area contributed by atoms with Gasteiger partial charge in [0.15, 0.2) is 5.75 Å². The fourth-order valence-electron chi connectivity index (χ4n) is 1.68. The lowest BCUT2D eigenvalue weighted by atomic mass is 10.1. The van der Waals surface area contributed by atoms with Crippen LogP contribution in [-0.2, 0) is 0 Å². The molecular weight excluding hydrogens is 224 g/mol. The van der Waals surface area contributed by atoms with Crippen molar-refractivity contribution in [3.05, 3.63) is 53.1 Å². The van der Waals surface area contributed by atoms with Crippen LogP contribution in [0, 0.1) is 25.2 Å². The maximum Gasteiger partial charge on any atom is 0.150 e. The van der Waals surface area contributed by atoms with Gasteiger partial charge in [0.1, 0.15) is 5.75 Å². The molecule has 0 aliphatic carbocycles. The maximum absolute atomic E-state index is 8.81. The Bertz CT molecular complexity index is 627. The van der Waals surface area contributed by atoms with E-state index in [0.717, 1.165) is 11.1 Å². The van der Waals surface area contributed by atoms with Crippen LogP contribution in [0.2, 0.25) is 0 Å². The number of anilines is 1. The van der Waals surface area contributed by atoms with Gasteiger partial charge in [-0.05, 0) is 55.3 Å². The van der Waals surface area contributed by atoms with Gasteiger partial charge in [-0.2, -0.15) is 5.26 Å². The van der Waals surface area contributed by atoms with Crippen LogP contribution < -0.4 is 10.5 Å². The van der Waals surface area contributed by atoms with Gasteiger partial charge in [0.25, 0.3) is 0 Å². The monoisotopic (exact) mass is 238 g/mol. The summed E-state index contributed by atoms with van der Waals surface area (Å²) in [5.74, 6) is 1.36. The first kappa shape index (κ1) is 12.0. The van der Waals surface area contributed by atoms with Crippen molar-refractivity contribution < 1.29 is 4.74 Å². The molecule has 0 saturated heterocycles. The zero-order valence-corrected chi connectivity index (χ0v) is 10.4. The van der Waals surface area contributed by atoms with Crippen molar-refractivity contribution in [2.45, 2.75) is 13.8 Å². The van der Waals surface area contributed by atoms with Gasteiger partial charge in [-0.25, -0.2) is 0 Å². The Morgan fingerprint density at radius 3 is 2.50 bits per heavy atom. The van der Waals surface area contributed by atoms with Crippen LogP contribution in [0.15, 0.2) is 36.4 Å². The number of hydrogen-bond acceptors (Lipinski definition) is 3. The molecule has 2 rings (SSSR count). The van der Waals surface area contributed by atoms with Crippen molar-refractivity contribution in [3.8, 4) is 17.6 Å². The van der Waals surface area contributed by atoms with Gasteiger partial charge < -0.3 is 10.5 Å². The van der Waals surface area contributed by atoms with Crippen LogP contribution in [0.1, 0.15) is 16.7 Å². The number of aryl methyl sites for hydroxylation is 2. The summed E-state index contributed by atoms with van der Waals surface area (Å²) < 4.78 is 5.79. The van der Waals surface area contributed by atoms with E-state index in [1.165, 1.54) is 0 Å². The summed E-state index contributed by atoms with van der Waals surface area (Å²) in [7, 11) is 0. The number of rotatable bonds is 2. The van der Waals surface area contributed by atoms with Gasteiger partial charge in [0, 0.05) is 0 Å². The highest BCUT2D eigenvalue weighted by atomic mass is 16.5. The minimum Gasteiger partial charge on any atom is -0.455 e. The Morgan fingerprint density at radius 2 is 1.83 bits per heavy atom. The van der Waals surface area contributed by atoms with E-state index in [1.54, 1.807) is 18.2 Å². The average Bonchev–Trinajstić information content (AvgIpc) is 2.36. The standard InChI is InChI=1S/C15H14N2O/c1-10-3-5-13(17)15(7-10)18-14-6-4-12(9-16)8-11(14)2/h3-8H,17H2,1-2H3. The number of nitriles is 1. The zero-order chi connectivity index (χ0) is 13.1. The summed E-state index contributed by atoms with van der Waals surface area (Å²) in [6.45, 7) is 3.89. The van der Waals surface area contributed by atoms with Crippen molar-refractivity contribution in [1.82, 2.24) is 0 Å². The smallest absolute Gasteiger partial charge is 0.150 e. The SMILES string of the molecule is Cc1ccc(N)c(Oc2ccc(C#N)cc2C)c1. The lowest BCUT2D eigenvalue weighted by Gasteiger charge is -2.11. The summed E-state index contributed by atoms with van der Waals surface area (Å²) >= 11 is 0. The van der Waals surface area contributed by atoms with Gasteiger partial charge in [0.05, 0.1) is 17.3 Å². The Balaban J connectivity index is 2.34. The average molecular weight is 238 g/mol. The molecule has 3 nitrogen and oxygen atoms in total. The molecule has 0 radical (unpaired) electrons. The molecule has 0 bridgehead atoms. The molecule has 0 amide bonds. The number of nitrogens with two attached hydrogens (primary N) is 1. The first-order chi connectivity index (χ1) is 8.60. The molecular formula is C15H14N2O. The topological polar surface area (TPSA) is 59.0 Å². The lowest BCUT2D eigenvalue weighted by Crippen LogP contribution is -1.94. The molecule has 0 aromatic heterocycles. The normalized spacial score (nSPS) is 9.83. The molecule has 0 saturated carbocycles. The predicted molar refractivity (Wildman–Crippen MR) is 71.6 cm³/mol. The second-order valence-electron chi connectivity index (χ2n) is 4.24. The van der Waals surface area contributed by atoms with Gasteiger partial charge in [-0.15, -0.1) is 0 Å². The summed E-state index contributed by atoms with van der Waals surface area (Å²) in [6.07, 6.45) is 0. The van der Waals surface area contributed by atoms with Crippen molar-refractivity contribution in [1.29, 1.82) is 5.26 Å². The van der Waals surface area contributed by atoms with Gasteiger partial charge in [-0.3, -0.25) is 0 Å². The van der Waals surface area contributed by atoms with E-state index in [2.05, 4.69) is 6.07 Å². The summed E-state index contributed by atoms with van der Waals surface area (Å²) in [5, 5.41) is 8.81. The van der Waals surface area contributed by atoms with E-state index >= 15 is 0 Å². The Hall–Kier alpha value is -2.47. The van der Waals surface area contributed by atoms with Gasteiger partial charge >= 0.3 is 0 Å². The number of benzene rings is 2. The first-order valence-electron chi connectivity index (χ1n) is 5.65. The molecule has 0 aliphatic heterocycles. The number of nitrogens with zero attached hydrogens (tertiary/aromatic N) is 1. The molecule has 90 valence electrons. The van der Waals surface area contributed by atoms with E-state index in [4.69, 9.17) is 15.7 Å². The molecule has 0 fully saturated rings. The van der Waals surface area contributed by atoms with E-state index in [9.17, 15) is 0 Å². The van der Waals surface area contributed by atoms with Crippen LogP contribution in [-0.4, -0.2) is 0 Å². The van der Waals surface area contributed by atoms with Crippen molar-refractivity contribution in [2.24, 2.45) is 0 Å². The van der Waals surface area contributed by atoms with E-state index in [0.29, 0.717) is 22.7 Å². The third-order valence-corrected chi connectivity index (χ3v) is 2.69. The fourth-order valence-corrected chi connectivity index (χ4v) is 1.68. The Morgan fingerprint density at radius 1 is 1.06 bits per heavy atom. The molecule has 0 atom stereocenters. The number of nitrogen functional groups attached to an aromatic ring is 1. The van der Waals surface area contributed by atoms with E-state index in [1.807, 2.05) is 32.0 Å². The highest BCUT2D eigenvalue weighted by Gasteiger charge is 2.06. The molecule has 18 heavy (non-hydrogen) atoms. The van der Waals surface area contributed by atoms with Gasteiger partial charge in [-0.1, -0.05) is 6.07 Å². The first-order valence-corrected chi connectivity index (χ1v) is 5.65. The van der Waals surface area contributed by atoms with Crippen molar-refractivity contribution in [2.75, 3.05) is 5.73 Å². The molecule has 2 aromatic rings.